The molecule has 6 nitrogen and oxygen atoms in total. The van der Waals surface area contributed by atoms with Gasteiger partial charge < -0.3 is 15.1 Å². The van der Waals surface area contributed by atoms with Gasteiger partial charge in [0.1, 0.15) is 6.33 Å². The zero-order valence-corrected chi connectivity index (χ0v) is 11.9. The van der Waals surface area contributed by atoms with E-state index >= 15 is 0 Å². The van der Waals surface area contributed by atoms with Gasteiger partial charge in [-0.1, -0.05) is 29.8 Å². The minimum Gasteiger partial charge on any atom is -0.490 e. The first-order chi connectivity index (χ1) is 9.65. The second kappa shape index (κ2) is 6.21. The summed E-state index contributed by atoms with van der Waals surface area (Å²) < 4.78 is 5.34. The lowest BCUT2D eigenvalue weighted by molar-refractivity contribution is 0.412. The SMILES string of the molecule is COc1c(NN)ncnc1N(C)Cc1cccc(C)c1. The van der Waals surface area contributed by atoms with Gasteiger partial charge in [0.05, 0.1) is 7.11 Å². The number of nitrogen functional groups attached to an aromatic ring is 1. The number of nitrogens with one attached hydrogen (secondary N) is 1. The van der Waals surface area contributed by atoms with Crippen LogP contribution < -0.4 is 20.9 Å². The first kappa shape index (κ1) is 14.1. The van der Waals surface area contributed by atoms with Gasteiger partial charge in [-0.2, -0.15) is 0 Å². The molecule has 0 atom stereocenters. The van der Waals surface area contributed by atoms with Crippen LogP contribution in [0.4, 0.5) is 11.6 Å². The maximum absolute atomic E-state index is 5.43. The van der Waals surface area contributed by atoms with E-state index in [2.05, 4.69) is 40.5 Å². The van der Waals surface area contributed by atoms with Crippen LogP contribution in [0.3, 0.4) is 0 Å². The first-order valence-corrected chi connectivity index (χ1v) is 6.28. The molecular formula is C14H19N5O. The summed E-state index contributed by atoms with van der Waals surface area (Å²) in [5.74, 6) is 7.12. The molecule has 1 heterocycles. The summed E-state index contributed by atoms with van der Waals surface area (Å²) in [5.41, 5.74) is 4.95. The number of ether oxygens (including phenoxy) is 1. The molecule has 106 valence electrons. The highest BCUT2D eigenvalue weighted by Gasteiger charge is 2.15. The van der Waals surface area contributed by atoms with Crippen LogP contribution in [-0.4, -0.2) is 24.1 Å². The Morgan fingerprint density at radius 3 is 2.80 bits per heavy atom. The van der Waals surface area contributed by atoms with E-state index in [0.717, 1.165) is 6.54 Å². The van der Waals surface area contributed by atoms with E-state index < -0.39 is 0 Å². The van der Waals surface area contributed by atoms with Crippen LogP contribution in [-0.2, 0) is 6.54 Å². The van der Waals surface area contributed by atoms with Gasteiger partial charge in [-0.3, -0.25) is 0 Å². The molecule has 0 amide bonds. The Labute approximate surface area is 118 Å². The van der Waals surface area contributed by atoms with Crippen molar-refractivity contribution in [2.75, 3.05) is 24.5 Å². The van der Waals surface area contributed by atoms with Gasteiger partial charge >= 0.3 is 0 Å². The highest BCUT2D eigenvalue weighted by atomic mass is 16.5. The van der Waals surface area contributed by atoms with Crippen molar-refractivity contribution in [1.29, 1.82) is 0 Å². The first-order valence-electron chi connectivity index (χ1n) is 6.28. The molecule has 2 aromatic rings. The molecule has 0 fully saturated rings. The van der Waals surface area contributed by atoms with Crippen molar-refractivity contribution in [1.82, 2.24) is 9.97 Å². The maximum atomic E-state index is 5.43. The van der Waals surface area contributed by atoms with E-state index in [1.807, 2.05) is 18.0 Å². The molecule has 2 rings (SSSR count). The molecule has 1 aromatic carbocycles. The molecule has 0 saturated heterocycles. The summed E-state index contributed by atoms with van der Waals surface area (Å²) >= 11 is 0. The normalized spacial score (nSPS) is 10.2. The van der Waals surface area contributed by atoms with Gasteiger partial charge in [-0.15, -0.1) is 0 Å². The lowest BCUT2D eigenvalue weighted by atomic mass is 10.1. The number of hydrogen-bond donors (Lipinski definition) is 2. The maximum Gasteiger partial charge on any atom is 0.205 e. The molecule has 0 radical (unpaired) electrons. The minimum absolute atomic E-state index is 0.466. The molecule has 20 heavy (non-hydrogen) atoms. The van der Waals surface area contributed by atoms with Gasteiger partial charge in [0, 0.05) is 13.6 Å². The second-order valence-corrected chi connectivity index (χ2v) is 4.57. The number of nitrogens with two attached hydrogens (primary N) is 1. The van der Waals surface area contributed by atoms with Crippen LogP contribution in [0, 0.1) is 6.92 Å². The third-order valence-corrected chi connectivity index (χ3v) is 2.99. The lowest BCUT2D eigenvalue weighted by Crippen LogP contribution is -2.20. The number of nitrogens with zero attached hydrogens (tertiary/aromatic N) is 3. The fraction of sp³-hybridized carbons (Fsp3) is 0.286. The largest absolute Gasteiger partial charge is 0.490 e. The molecule has 0 unspecified atom stereocenters. The number of hydrogen-bond acceptors (Lipinski definition) is 6. The third kappa shape index (κ3) is 2.97. The van der Waals surface area contributed by atoms with Crippen LogP contribution in [0.5, 0.6) is 5.75 Å². The van der Waals surface area contributed by atoms with Crippen LogP contribution >= 0.6 is 0 Å². The minimum atomic E-state index is 0.466. The topological polar surface area (TPSA) is 76.3 Å². The molecule has 3 N–H and O–H groups in total. The fourth-order valence-corrected chi connectivity index (χ4v) is 2.09. The van der Waals surface area contributed by atoms with E-state index in [4.69, 9.17) is 10.6 Å². The zero-order valence-electron chi connectivity index (χ0n) is 11.9. The number of benzene rings is 1. The van der Waals surface area contributed by atoms with Crippen LogP contribution in [0.1, 0.15) is 11.1 Å². The number of rotatable bonds is 5. The summed E-state index contributed by atoms with van der Waals surface area (Å²) in [6.07, 6.45) is 1.46. The molecule has 0 spiro atoms. The fourth-order valence-electron chi connectivity index (χ4n) is 2.09. The van der Waals surface area contributed by atoms with Crippen LogP contribution in [0.15, 0.2) is 30.6 Å². The quantitative estimate of drug-likeness (QED) is 0.638. The number of aryl methyl sites for hydroxylation is 1. The molecule has 6 heteroatoms. The van der Waals surface area contributed by atoms with Crippen molar-refractivity contribution in [3.8, 4) is 5.75 Å². The van der Waals surface area contributed by atoms with Crippen molar-refractivity contribution in [3.63, 3.8) is 0 Å². The van der Waals surface area contributed by atoms with Crippen LogP contribution in [0.2, 0.25) is 0 Å². The highest BCUT2D eigenvalue weighted by Crippen LogP contribution is 2.31. The number of aromatic nitrogens is 2. The lowest BCUT2D eigenvalue weighted by Gasteiger charge is -2.21. The zero-order chi connectivity index (χ0) is 14.5. The van der Waals surface area contributed by atoms with E-state index in [9.17, 15) is 0 Å². The van der Waals surface area contributed by atoms with Gasteiger partial charge in [-0.05, 0) is 12.5 Å². The van der Waals surface area contributed by atoms with Gasteiger partial charge in [0.2, 0.25) is 5.75 Å². The van der Waals surface area contributed by atoms with E-state index in [0.29, 0.717) is 17.4 Å². The number of anilines is 2. The molecule has 0 aliphatic carbocycles. The summed E-state index contributed by atoms with van der Waals surface area (Å²) in [5, 5.41) is 0. The van der Waals surface area contributed by atoms with E-state index in [-0.39, 0.29) is 0 Å². The Morgan fingerprint density at radius 1 is 1.35 bits per heavy atom. The molecule has 0 aliphatic heterocycles. The Bertz CT molecular complexity index is 588. The molecule has 0 saturated carbocycles. The van der Waals surface area contributed by atoms with E-state index in [1.165, 1.54) is 17.5 Å². The standard InChI is InChI=1S/C14H19N5O/c1-10-5-4-6-11(7-10)8-19(2)14-12(20-3)13(18-15)16-9-17-14/h4-7,9H,8,15H2,1-3H3,(H,16,17,18). The van der Waals surface area contributed by atoms with E-state index in [1.54, 1.807) is 7.11 Å². The molecular weight excluding hydrogens is 254 g/mol. The number of hydrazine groups is 1. The highest BCUT2D eigenvalue weighted by molar-refractivity contribution is 5.64. The van der Waals surface area contributed by atoms with Crippen molar-refractivity contribution in [3.05, 3.63) is 41.7 Å². The van der Waals surface area contributed by atoms with Crippen LogP contribution in [0.25, 0.3) is 0 Å². The predicted molar refractivity (Wildman–Crippen MR) is 79.7 cm³/mol. The van der Waals surface area contributed by atoms with Crippen molar-refractivity contribution >= 4 is 11.6 Å². The van der Waals surface area contributed by atoms with Gasteiger partial charge in [-0.25, -0.2) is 15.8 Å². The molecule has 1 aromatic heterocycles. The predicted octanol–water partition coefficient (Wildman–Crippen LogP) is 1.72. The Morgan fingerprint density at radius 2 is 2.15 bits per heavy atom. The van der Waals surface area contributed by atoms with Crippen molar-refractivity contribution in [2.24, 2.45) is 5.84 Å². The Balaban J connectivity index is 2.27. The average molecular weight is 273 g/mol. The third-order valence-electron chi connectivity index (χ3n) is 2.99. The summed E-state index contributed by atoms with van der Waals surface area (Å²) in [7, 11) is 3.52. The van der Waals surface area contributed by atoms with Gasteiger partial charge in [0.25, 0.3) is 0 Å². The van der Waals surface area contributed by atoms with Crippen molar-refractivity contribution < 1.29 is 4.74 Å². The Hall–Kier alpha value is -2.34. The monoisotopic (exact) mass is 273 g/mol. The van der Waals surface area contributed by atoms with Crippen molar-refractivity contribution in [2.45, 2.75) is 13.5 Å². The molecule has 0 aliphatic rings. The summed E-state index contributed by atoms with van der Waals surface area (Å²) in [6, 6.07) is 8.35. The summed E-state index contributed by atoms with van der Waals surface area (Å²) in [6.45, 7) is 2.80. The smallest absolute Gasteiger partial charge is 0.205 e. The second-order valence-electron chi connectivity index (χ2n) is 4.57. The number of methoxy groups -OCH3 is 1. The molecule has 0 bridgehead atoms. The Kier molecular flexibility index (Phi) is 4.37. The average Bonchev–Trinajstić information content (AvgIpc) is 2.46. The summed E-state index contributed by atoms with van der Waals surface area (Å²) in [4.78, 5) is 10.3. The van der Waals surface area contributed by atoms with Gasteiger partial charge in [0.15, 0.2) is 11.6 Å².